The number of rotatable bonds is 20. The van der Waals surface area contributed by atoms with Gasteiger partial charge in [0.15, 0.2) is 6.29 Å². The van der Waals surface area contributed by atoms with Crippen molar-refractivity contribution in [1.82, 2.24) is 15.5 Å². The van der Waals surface area contributed by atoms with Crippen molar-refractivity contribution in [3.05, 3.63) is 77.4 Å². The van der Waals surface area contributed by atoms with Gasteiger partial charge in [0.1, 0.15) is 12.2 Å². The van der Waals surface area contributed by atoms with Crippen LogP contribution in [-0.2, 0) is 30.3 Å². The van der Waals surface area contributed by atoms with Gasteiger partial charge in [0.25, 0.3) is 11.8 Å². The molecule has 14 nitrogen and oxygen atoms in total. The van der Waals surface area contributed by atoms with E-state index in [0.29, 0.717) is 42.4 Å². The van der Waals surface area contributed by atoms with E-state index in [-0.39, 0.29) is 64.5 Å². The van der Waals surface area contributed by atoms with Crippen molar-refractivity contribution in [1.29, 1.82) is 0 Å². The number of nitrogens with one attached hydrogen (secondary N) is 3. The van der Waals surface area contributed by atoms with E-state index in [1.54, 1.807) is 39.0 Å². The van der Waals surface area contributed by atoms with Gasteiger partial charge in [-0.1, -0.05) is 42.5 Å². The number of alkyl carbamates (subject to hydrolysis) is 2. The van der Waals surface area contributed by atoms with Crippen molar-refractivity contribution in [2.45, 2.75) is 52.1 Å². The Morgan fingerprint density at radius 2 is 1.47 bits per heavy atom. The molecule has 1 heterocycles. The highest BCUT2D eigenvalue weighted by Gasteiger charge is 2.33. The Morgan fingerprint density at radius 1 is 0.784 bits per heavy atom. The smallest absolute Gasteiger partial charge is 0.407 e. The van der Waals surface area contributed by atoms with E-state index in [2.05, 4.69) is 16.0 Å². The van der Waals surface area contributed by atoms with Gasteiger partial charge in [0.2, 0.25) is 0 Å². The molecule has 0 radical (unpaired) electrons. The van der Waals surface area contributed by atoms with E-state index < -0.39 is 24.1 Å². The quantitative estimate of drug-likeness (QED) is 0.0742. The van der Waals surface area contributed by atoms with Gasteiger partial charge in [-0.05, 0) is 57.4 Å². The molecule has 1 aliphatic heterocycles. The molecule has 0 aromatic heterocycles. The van der Waals surface area contributed by atoms with Crippen molar-refractivity contribution >= 4 is 40.5 Å². The number of aliphatic hydroxyl groups excluding tert-OH is 1. The van der Waals surface area contributed by atoms with Gasteiger partial charge in [-0.15, -0.1) is 0 Å². The van der Waals surface area contributed by atoms with Crippen LogP contribution in [0.2, 0.25) is 0 Å². The number of anilines is 1. The van der Waals surface area contributed by atoms with Crippen LogP contribution < -0.4 is 16.0 Å². The molecule has 51 heavy (non-hydrogen) atoms. The summed E-state index contributed by atoms with van der Waals surface area (Å²) < 4.78 is 26.7. The first-order valence-electron chi connectivity index (χ1n) is 17.1. The molecule has 1 aliphatic rings. The third-order valence-corrected chi connectivity index (χ3v) is 7.58. The topological polar surface area (TPSA) is 174 Å². The highest BCUT2D eigenvalue weighted by atomic mass is 16.6. The molecule has 4 N–H and O–H groups in total. The van der Waals surface area contributed by atoms with Gasteiger partial charge < -0.3 is 44.7 Å². The third-order valence-electron chi connectivity index (χ3n) is 7.58. The summed E-state index contributed by atoms with van der Waals surface area (Å²) in [5, 5.41) is 20.1. The predicted molar refractivity (Wildman–Crippen MR) is 190 cm³/mol. The lowest BCUT2D eigenvalue weighted by Crippen LogP contribution is -2.42. The predicted octanol–water partition coefficient (Wildman–Crippen LogP) is 4.45. The number of carbonyl (C=O) groups is 4. The largest absolute Gasteiger partial charge is 0.445 e. The number of hydrogen-bond donors (Lipinski definition) is 4. The fraction of sp³-hybridized carbons (Fsp3) is 0.459. The van der Waals surface area contributed by atoms with Gasteiger partial charge in [0.05, 0.1) is 39.6 Å². The van der Waals surface area contributed by atoms with E-state index >= 15 is 0 Å². The fourth-order valence-corrected chi connectivity index (χ4v) is 5.23. The Kier molecular flexibility index (Phi) is 15.0. The molecule has 4 amide bonds. The Morgan fingerprint density at radius 3 is 2.22 bits per heavy atom. The summed E-state index contributed by atoms with van der Waals surface area (Å²) in [6, 6.07) is 18.2. The first kappa shape index (κ1) is 39.0. The average Bonchev–Trinajstić information content (AvgIpc) is 3.10. The van der Waals surface area contributed by atoms with Crippen LogP contribution in [0.1, 0.15) is 59.9 Å². The lowest BCUT2D eigenvalue weighted by molar-refractivity contribution is -0.102. The number of nitrogens with zero attached hydrogens (tertiary/aromatic N) is 1. The van der Waals surface area contributed by atoms with Crippen LogP contribution in [0.15, 0.2) is 60.7 Å². The molecule has 0 saturated carbocycles. The molecule has 1 atom stereocenters. The number of amides is 4. The van der Waals surface area contributed by atoms with Gasteiger partial charge >= 0.3 is 12.2 Å². The van der Waals surface area contributed by atoms with E-state index in [1.165, 1.54) is 4.90 Å². The zero-order valence-corrected chi connectivity index (χ0v) is 29.4. The van der Waals surface area contributed by atoms with Gasteiger partial charge in [-0.25, -0.2) is 9.59 Å². The van der Waals surface area contributed by atoms with E-state index in [0.717, 1.165) is 16.6 Å². The van der Waals surface area contributed by atoms with Crippen LogP contribution in [0.3, 0.4) is 0 Å². The Bertz CT molecular complexity index is 1590. The van der Waals surface area contributed by atoms with E-state index in [4.69, 9.17) is 23.7 Å². The van der Waals surface area contributed by atoms with Gasteiger partial charge in [-0.3, -0.25) is 14.5 Å². The minimum absolute atomic E-state index is 0.0898. The molecule has 1 unspecified atom stereocenters. The second-order valence-corrected chi connectivity index (χ2v) is 12.7. The molecule has 4 rings (SSSR count). The summed E-state index contributed by atoms with van der Waals surface area (Å²) in [7, 11) is 0. The number of hydrogen-bond acceptors (Lipinski definition) is 11. The minimum atomic E-state index is -1.00. The fourth-order valence-electron chi connectivity index (χ4n) is 5.23. The average molecular weight is 709 g/mol. The Balaban J connectivity index is 1.13. The van der Waals surface area contributed by atoms with Crippen molar-refractivity contribution < 1.29 is 48.0 Å². The van der Waals surface area contributed by atoms with Crippen LogP contribution >= 0.6 is 0 Å². The normalized spacial score (nSPS) is 13.2. The lowest BCUT2D eigenvalue weighted by Gasteiger charge is -2.28. The summed E-state index contributed by atoms with van der Waals surface area (Å²) in [6.07, 6.45) is -1.14. The van der Waals surface area contributed by atoms with Crippen LogP contribution in [0.4, 0.5) is 15.3 Å². The first-order chi connectivity index (χ1) is 24.5. The van der Waals surface area contributed by atoms with Crippen LogP contribution in [0, 0.1) is 0 Å². The maximum atomic E-state index is 13.4. The molecule has 3 aromatic rings. The maximum absolute atomic E-state index is 13.4. The molecule has 0 spiro atoms. The first-order valence-corrected chi connectivity index (χ1v) is 17.1. The van der Waals surface area contributed by atoms with E-state index in [1.807, 2.05) is 42.5 Å². The summed E-state index contributed by atoms with van der Waals surface area (Å²) in [5.74, 6) is -0.773. The zero-order chi connectivity index (χ0) is 36.6. The molecular weight excluding hydrogens is 660 g/mol. The molecule has 0 aliphatic carbocycles. The van der Waals surface area contributed by atoms with Crippen LogP contribution in [-0.4, -0.2) is 105 Å². The molecule has 276 valence electrons. The highest BCUT2D eigenvalue weighted by Crippen LogP contribution is 2.34. The Labute approximate surface area is 297 Å². The molecule has 3 aromatic carbocycles. The SMILES string of the molecule is CC(C)(C)OC(=O)NCCOCCOCCN1C(=O)c2cccc3c(NCCCC(O)OCCNC(=O)OCc4ccccc4)ccc(c23)C1=O. The number of benzene rings is 3. The van der Waals surface area contributed by atoms with Crippen LogP contribution in [0.5, 0.6) is 0 Å². The van der Waals surface area contributed by atoms with Crippen molar-refractivity contribution in [2.75, 3.05) is 64.5 Å². The lowest BCUT2D eigenvalue weighted by atomic mass is 9.93. The van der Waals surface area contributed by atoms with Crippen molar-refractivity contribution in [2.24, 2.45) is 0 Å². The third kappa shape index (κ3) is 12.5. The second kappa shape index (κ2) is 19.6. The van der Waals surface area contributed by atoms with Crippen molar-refractivity contribution in [3.8, 4) is 0 Å². The minimum Gasteiger partial charge on any atom is -0.445 e. The second-order valence-electron chi connectivity index (χ2n) is 12.7. The molecular formula is C37H48N4O10. The summed E-state index contributed by atoms with van der Waals surface area (Å²) in [4.78, 5) is 51.4. The summed E-state index contributed by atoms with van der Waals surface area (Å²) >= 11 is 0. The standard InChI is InChI=1S/C37H48N4O10/c1-37(2,3)51-36(46)40-17-20-47-23-24-48-22-19-41-33(43)28-12-7-11-27-30(15-14-29(32(27)28)34(41)44)38-16-8-13-31(42)49-21-18-39-35(45)50-25-26-9-5-4-6-10-26/h4-7,9-12,14-15,31,38,42H,8,13,16-25H2,1-3H3,(H,39,45)(H,40,46). The monoisotopic (exact) mass is 708 g/mol. The number of ether oxygens (including phenoxy) is 5. The summed E-state index contributed by atoms with van der Waals surface area (Å²) in [5.41, 5.74) is 1.96. The van der Waals surface area contributed by atoms with Crippen LogP contribution in [0.25, 0.3) is 10.8 Å². The number of imide groups is 1. The molecule has 14 heteroatoms. The van der Waals surface area contributed by atoms with Gasteiger partial charge in [-0.2, -0.15) is 0 Å². The molecule has 0 bridgehead atoms. The molecule has 0 fully saturated rings. The van der Waals surface area contributed by atoms with E-state index in [9.17, 15) is 24.3 Å². The molecule has 0 saturated heterocycles. The zero-order valence-electron chi connectivity index (χ0n) is 29.4. The maximum Gasteiger partial charge on any atom is 0.407 e. The highest BCUT2D eigenvalue weighted by molar-refractivity contribution is 6.26. The summed E-state index contributed by atoms with van der Waals surface area (Å²) in [6.45, 7) is 7.72. The number of aliphatic hydroxyl groups is 1. The number of carbonyl (C=O) groups excluding carboxylic acids is 4. The van der Waals surface area contributed by atoms with Crippen molar-refractivity contribution in [3.63, 3.8) is 0 Å². The Hall–Kier alpha value is -4.76. The van der Waals surface area contributed by atoms with Gasteiger partial charge in [0, 0.05) is 47.2 Å².